The molecule has 0 aliphatic carbocycles. The molecule has 0 radical (unpaired) electrons. The fourth-order valence-corrected chi connectivity index (χ4v) is 7.56. The van der Waals surface area contributed by atoms with Crippen LogP contribution in [-0.4, -0.2) is 34.7 Å². The van der Waals surface area contributed by atoms with Gasteiger partial charge in [-0.1, -0.05) is 46.5 Å². The van der Waals surface area contributed by atoms with Crippen LogP contribution in [0.25, 0.3) is 11.4 Å². The van der Waals surface area contributed by atoms with E-state index in [4.69, 9.17) is 0 Å². The Kier molecular flexibility index (Phi) is 8.54. The summed E-state index contributed by atoms with van der Waals surface area (Å²) in [5, 5.41) is 0. The zero-order valence-electron chi connectivity index (χ0n) is 19.8. The minimum absolute atomic E-state index is 0.0312. The van der Waals surface area contributed by atoms with E-state index in [1.807, 2.05) is 34.1 Å². The quantitative estimate of drug-likeness (QED) is 0.253. The molecule has 2 aromatic heterocycles. The predicted octanol–water partition coefficient (Wildman–Crippen LogP) is 8.16. The number of halogens is 2. The predicted molar refractivity (Wildman–Crippen MR) is 150 cm³/mol. The molecule has 0 saturated carbocycles. The molecule has 2 aliphatic rings. The SMILES string of the molecule is CCCCC(CC)CN1C(=O)C2=C(c3ccc(Br)s3)N(CCCC)C(=O)C2=C1c1ccc(Br)s1. The zero-order valence-corrected chi connectivity index (χ0v) is 24.6. The molecular weight excluding hydrogens is 596 g/mol. The lowest BCUT2D eigenvalue weighted by Crippen LogP contribution is -2.33. The number of amides is 2. The van der Waals surface area contributed by atoms with Gasteiger partial charge in [-0.25, -0.2) is 0 Å². The van der Waals surface area contributed by atoms with Crippen molar-refractivity contribution >= 4 is 77.7 Å². The number of carbonyl (C=O) groups is 2. The number of hydrogen-bond acceptors (Lipinski definition) is 4. The Balaban J connectivity index is 1.88. The molecule has 2 amide bonds. The molecule has 182 valence electrons. The molecule has 34 heavy (non-hydrogen) atoms. The summed E-state index contributed by atoms with van der Waals surface area (Å²) in [5.41, 5.74) is 2.75. The molecule has 4 rings (SSSR count). The average Bonchev–Trinajstić information content (AvgIpc) is 3.56. The van der Waals surface area contributed by atoms with E-state index in [2.05, 4.69) is 52.6 Å². The van der Waals surface area contributed by atoms with Gasteiger partial charge in [0.25, 0.3) is 11.8 Å². The van der Waals surface area contributed by atoms with Gasteiger partial charge in [0, 0.05) is 13.1 Å². The maximum Gasteiger partial charge on any atom is 0.261 e. The monoisotopic (exact) mass is 624 g/mol. The van der Waals surface area contributed by atoms with E-state index in [1.54, 1.807) is 22.7 Å². The third-order valence-electron chi connectivity index (χ3n) is 6.51. The van der Waals surface area contributed by atoms with Gasteiger partial charge in [0.2, 0.25) is 0 Å². The van der Waals surface area contributed by atoms with Crippen LogP contribution in [0, 0.1) is 5.92 Å². The Bertz CT molecular complexity index is 1150. The smallest absolute Gasteiger partial charge is 0.261 e. The number of thiophene rings is 2. The summed E-state index contributed by atoms with van der Waals surface area (Å²) < 4.78 is 1.99. The van der Waals surface area contributed by atoms with Gasteiger partial charge in [-0.2, -0.15) is 0 Å². The second kappa shape index (κ2) is 11.2. The minimum Gasteiger partial charge on any atom is -0.306 e. The first-order valence-corrected chi connectivity index (χ1v) is 15.3. The van der Waals surface area contributed by atoms with Crippen LogP contribution >= 0.6 is 54.5 Å². The fourth-order valence-electron chi connectivity index (χ4n) is 4.67. The molecule has 0 N–H and O–H groups in total. The van der Waals surface area contributed by atoms with Crippen molar-refractivity contribution in [3.05, 3.63) is 52.7 Å². The normalized spacial score (nSPS) is 17.0. The molecular formula is C26H30Br2N2O2S2. The molecule has 2 aromatic rings. The van der Waals surface area contributed by atoms with Crippen LogP contribution in [0.5, 0.6) is 0 Å². The Labute approximate surface area is 227 Å². The summed E-state index contributed by atoms with van der Waals surface area (Å²) in [6.07, 6.45) is 6.28. The largest absolute Gasteiger partial charge is 0.306 e. The molecule has 1 atom stereocenters. The van der Waals surface area contributed by atoms with Crippen molar-refractivity contribution in [2.24, 2.45) is 5.92 Å². The first kappa shape index (κ1) is 25.9. The van der Waals surface area contributed by atoms with Gasteiger partial charge in [0.05, 0.1) is 39.9 Å². The maximum atomic E-state index is 14.1. The van der Waals surface area contributed by atoms with Crippen LogP contribution in [0.3, 0.4) is 0 Å². The molecule has 8 heteroatoms. The molecule has 0 aromatic carbocycles. The van der Waals surface area contributed by atoms with Crippen molar-refractivity contribution in [1.29, 1.82) is 0 Å². The van der Waals surface area contributed by atoms with Gasteiger partial charge in [0.15, 0.2) is 0 Å². The molecule has 2 aliphatic heterocycles. The van der Waals surface area contributed by atoms with Crippen molar-refractivity contribution in [3.63, 3.8) is 0 Å². The highest BCUT2D eigenvalue weighted by atomic mass is 79.9. The molecule has 0 saturated heterocycles. The van der Waals surface area contributed by atoms with Gasteiger partial charge in [0.1, 0.15) is 0 Å². The second-order valence-corrected chi connectivity index (χ2v) is 13.7. The Hall–Kier alpha value is -1.22. The third kappa shape index (κ3) is 4.88. The summed E-state index contributed by atoms with van der Waals surface area (Å²) in [7, 11) is 0. The number of fused-ring (bicyclic) bond motifs is 1. The van der Waals surface area contributed by atoms with Crippen LogP contribution in [0.2, 0.25) is 0 Å². The lowest BCUT2D eigenvalue weighted by molar-refractivity contribution is -0.124. The van der Waals surface area contributed by atoms with Crippen LogP contribution < -0.4 is 0 Å². The third-order valence-corrected chi connectivity index (χ3v) is 9.77. The summed E-state index contributed by atoms with van der Waals surface area (Å²) in [6.45, 7) is 7.79. The highest BCUT2D eigenvalue weighted by molar-refractivity contribution is 9.11. The number of carbonyl (C=O) groups excluding carboxylic acids is 2. The van der Waals surface area contributed by atoms with Crippen molar-refractivity contribution in [3.8, 4) is 0 Å². The van der Waals surface area contributed by atoms with Gasteiger partial charge < -0.3 is 9.80 Å². The van der Waals surface area contributed by atoms with Crippen molar-refractivity contribution < 1.29 is 9.59 Å². The summed E-state index contributed by atoms with van der Waals surface area (Å²) >= 11 is 10.3. The summed E-state index contributed by atoms with van der Waals surface area (Å²) in [6, 6.07) is 8.03. The first-order valence-electron chi connectivity index (χ1n) is 12.0. The van der Waals surface area contributed by atoms with Crippen LogP contribution in [-0.2, 0) is 9.59 Å². The van der Waals surface area contributed by atoms with Crippen LogP contribution in [0.15, 0.2) is 43.0 Å². The number of rotatable bonds is 11. The topological polar surface area (TPSA) is 40.6 Å². The average molecular weight is 626 g/mol. The van der Waals surface area contributed by atoms with Gasteiger partial charge >= 0.3 is 0 Å². The first-order chi connectivity index (χ1) is 16.4. The minimum atomic E-state index is -0.0417. The molecule has 4 heterocycles. The van der Waals surface area contributed by atoms with Gasteiger partial charge in [-0.3, -0.25) is 9.59 Å². The van der Waals surface area contributed by atoms with E-state index in [9.17, 15) is 9.59 Å². The maximum absolute atomic E-state index is 14.1. The molecule has 0 spiro atoms. The lowest BCUT2D eigenvalue weighted by atomic mass is 9.98. The van der Waals surface area contributed by atoms with Crippen molar-refractivity contribution in [2.45, 2.75) is 59.3 Å². The Morgan fingerprint density at radius 2 is 1.32 bits per heavy atom. The van der Waals surface area contributed by atoms with Crippen LogP contribution in [0.1, 0.15) is 69.1 Å². The molecule has 0 fully saturated rings. The number of nitrogens with zero attached hydrogens (tertiary/aromatic N) is 2. The molecule has 1 unspecified atom stereocenters. The summed E-state index contributed by atoms with van der Waals surface area (Å²) in [5.74, 6) is 0.337. The number of hydrogen-bond donors (Lipinski definition) is 0. The number of unbranched alkanes of at least 4 members (excludes halogenated alkanes) is 2. The van der Waals surface area contributed by atoms with Gasteiger partial charge in [-0.15, -0.1) is 22.7 Å². The zero-order chi connectivity index (χ0) is 24.4. The molecule has 0 bridgehead atoms. The van der Waals surface area contributed by atoms with E-state index in [1.165, 1.54) is 0 Å². The lowest BCUT2D eigenvalue weighted by Gasteiger charge is -2.27. The summed E-state index contributed by atoms with van der Waals surface area (Å²) in [4.78, 5) is 33.7. The van der Waals surface area contributed by atoms with E-state index in [0.29, 0.717) is 30.2 Å². The Morgan fingerprint density at radius 1 is 0.794 bits per heavy atom. The fraction of sp³-hybridized carbons (Fsp3) is 0.462. The van der Waals surface area contributed by atoms with Crippen LogP contribution in [0.4, 0.5) is 0 Å². The second-order valence-electron chi connectivity index (χ2n) is 8.80. The standard InChI is InChI=1S/C26H30Br2N2O2S2/c1-4-7-9-16(6-3)15-30-24(18-11-13-20(28)34-18)22-21(26(30)32)23(17-10-12-19(27)33-17)29(25(22)31)14-8-5-2/h10-13,16H,4-9,14-15H2,1-3H3. The Morgan fingerprint density at radius 3 is 1.79 bits per heavy atom. The van der Waals surface area contributed by atoms with Gasteiger partial charge in [-0.05, 0) is 74.9 Å². The van der Waals surface area contributed by atoms with E-state index < -0.39 is 0 Å². The molecule has 4 nitrogen and oxygen atoms in total. The highest BCUT2D eigenvalue weighted by Crippen LogP contribution is 2.49. The highest BCUT2D eigenvalue weighted by Gasteiger charge is 2.49. The van der Waals surface area contributed by atoms with E-state index in [0.717, 1.165) is 67.2 Å². The van der Waals surface area contributed by atoms with E-state index >= 15 is 0 Å². The van der Waals surface area contributed by atoms with E-state index in [-0.39, 0.29) is 11.8 Å². The van der Waals surface area contributed by atoms with Crippen molar-refractivity contribution in [2.75, 3.05) is 13.1 Å². The van der Waals surface area contributed by atoms with Crippen molar-refractivity contribution in [1.82, 2.24) is 9.80 Å².